The second kappa shape index (κ2) is 7.03. The number of hydrogen-bond donors (Lipinski definition) is 1. The minimum Gasteiger partial charge on any atom is -0.384 e. The molecule has 3 aromatic rings. The summed E-state index contributed by atoms with van der Waals surface area (Å²) in [7, 11) is 0. The van der Waals surface area contributed by atoms with Gasteiger partial charge < -0.3 is 5.73 Å². The van der Waals surface area contributed by atoms with Crippen LogP contribution in [0.3, 0.4) is 0 Å². The van der Waals surface area contributed by atoms with Crippen LogP contribution in [-0.2, 0) is 0 Å². The molecule has 134 valence electrons. The van der Waals surface area contributed by atoms with Crippen LogP contribution in [0.15, 0.2) is 71.0 Å². The monoisotopic (exact) mass is 382 g/mol. The maximum Gasteiger partial charge on any atom is 0.274 e. The number of allylic oxidation sites excluding steroid dienone is 1. The number of nitrogens with zero attached hydrogens (tertiary/aromatic N) is 3. The van der Waals surface area contributed by atoms with Gasteiger partial charge in [-0.1, -0.05) is 60.7 Å². The Morgan fingerprint density at radius 2 is 1.57 bits per heavy atom. The van der Waals surface area contributed by atoms with Gasteiger partial charge in [0.25, 0.3) is 5.56 Å². The van der Waals surface area contributed by atoms with Crippen molar-refractivity contribution in [3.63, 3.8) is 0 Å². The van der Waals surface area contributed by atoms with Crippen LogP contribution in [0.1, 0.15) is 17.0 Å². The van der Waals surface area contributed by atoms with Gasteiger partial charge in [-0.25, -0.2) is 0 Å². The highest BCUT2D eigenvalue weighted by Gasteiger charge is 2.31. The van der Waals surface area contributed by atoms with E-state index in [9.17, 15) is 15.3 Å². The van der Waals surface area contributed by atoms with Crippen molar-refractivity contribution in [1.82, 2.24) is 4.57 Å². The molecule has 2 heterocycles. The van der Waals surface area contributed by atoms with Crippen LogP contribution in [0.5, 0.6) is 0 Å². The number of aromatic nitrogens is 1. The summed E-state index contributed by atoms with van der Waals surface area (Å²) in [4.78, 5) is 13.0. The summed E-state index contributed by atoms with van der Waals surface area (Å²) in [6.07, 6.45) is 1.77. The van der Waals surface area contributed by atoms with Crippen molar-refractivity contribution < 1.29 is 0 Å². The van der Waals surface area contributed by atoms with Crippen molar-refractivity contribution in [3.8, 4) is 12.1 Å². The Morgan fingerprint density at radius 1 is 0.964 bits per heavy atom. The number of nitrogens with two attached hydrogens (primary N) is 1. The van der Waals surface area contributed by atoms with Gasteiger partial charge in [-0.05, 0) is 17.2 Å². The van der Waals surface area contributed by atoms with Crippen LogP contribution in [0.4, 0.5) is 0 Å². The largest absolute Gasteiger partial charge is 0.384 e. The van der Waals surface area contributed by atoms with E-state index >= 15 is 0 Å². The highest BCUT2D eigenvalue weighted by molar-refractivity contribution is 7.07. The lowest BCUT2D eigenvalue weighted by Gasteiger charge is -2.22. The van der Waals surface area contributed by atoms with Crippen molar-refractivity contribution in [2.45, 2.75) is 5.92 Å². The Hall–Kier alpha value is -3.87. The molecule has 1 aromatic heterocycles. The van der Waals surface area contributed by atoms with E-state index in [4.69, 9.17) is 5.73 Å². The van der Waals surface area contributed by atoms with E-state index in [0.717, 1.165) is 11.1 Å². The molecular weight excluding hydrogens is 368 g/mol. The highest BCUT2D eigenvalue weighted by atomic mass is 32.1. The van der Waals surface area contributed by atoms with Gasteiger partial charge >= 0.3 is 0 Å². The van der Waals surface area contributed by atoms with Gasteiger partial charge in [0.15, 0.2) is 0 Å². The number of hydrogen-bond acceptors (Lipinski definition) is 5. The van der Waals surface area contributed by atoms with Crippen LogP contribution in [0.2, 0.25) is 0 Å². The van der Waals surface area contributed by atoms with Gasteiger partial charge in [0.1, 0.15) is 10.5 Å². The summed E-state index contributed by atoms with van der Waals surface area (Å²) in [5.41, 5.74) is 8.15. The molecule has 1 atom stereocenters. The van der Waals surface area contributed by atoms with Gasteiger partial charge in [-0.15, -0.1) is 11.3 Å². The molecular formula is C22H14N4OS. The lowest BCUT2D eigenvalue weighted by Crippen LogP contribution is -2.38. The second-order valence-corrected chi connectivity index (χ2v) is 7.28. The number of fused-ring (bicyclic) bond motifs is 1. The molecule has 2 N–H and O–H groups in total. The van der Waals surface area contributed by atoms with E-state index in [2.05, 4.69) is 12.1 Å². The van der Waals surface area contributed by atoms with Gasteiger partial charge in [0.2, 0.25) is 0 Å². The molecule has 4 rings (SSSR count). The Balaban J connectivity index is 2.08. The van der Waals surface area contributed by atoms with Crippen LogP contribution in [0, 0.1) is 22.7 Å². The fourth-order valence-corrected chi connectivity index (χ4v) is 4.46. The molecule has 0 aliphatic carbocycles. The molecule has 2 aromatic carbocycles. The van der Waals surface area contributed by atoms with Gasteiger partial charge in [-0.3, -0.25) is 9.36 Å². The first kappa shape index (κ1) is 17.5. The van der Waals surface area contributed by atoms with Crippen LogP contribution in [-0.4, -0.2) is 4.57 Å². The van der Waals surface area contributed by atoms with E-state index in [0.29, 0.717) is 14.8 Å². The molecule has 1 unspecified atom stereocenters. The molecule has 0 saturated heterocycles. The first-order valence-electron chi connectivity index (χ1n) is 8.53. The zero-order chi connectivity index (χ0) is 19.7. The summed E-state index contributed by atoms with van der Waals surface area (Å²) < 4.78 is 2.22. The molecule has 6 heteroatoms. The van der Waals surface area contributed by atoms with Crippen molar-refractivity contribution in [3.05, 3.63) is 96.9 Å². The van der Waals surface area contributed by atoms with Crippen molar-refractivity contribution >= 4 is 28.8 Å². The van der Waals surface area contributed by atoms with Crippen LogP contribution >= 0.6 is 11.3 Å². The number of benzene rings is 2. The van der Waals surface area contributed by atoms with E-state index in [1.807, 2.05) is 60.7 Å². The number of thiazole rings is 1. The minimum absolute atomic E-state index is 0.0827. The zero-order valence-electron chi connectivity index (χ0n) is 14.7. The Bertz CT molecular complexity index is 1350. The fourth-order valence-electron chi connectivity index (χ4n) is 3.33. The third-order valence-electron chi connectivity index (χ3n) is 4.62. The summed E-state index contributed by atoms with van der Waals surface area (Å²) in [6, 6.07) is 23.0. The minimum atomic E-state index is -0.584. The van der Waals surface area contributed by atoms with Crippen LogP contribution in [0.25, 0.3) is 17.5 Å². The standard InChI is InChI=1S/C22H14N4OS/c23-12-16-19(15-9-5-2-6-10-15)17(13-24)22-26(20(16)25)21(27)18(28-22)11-14-7-3-1-4-8-14/h1-11,19H,25H2/b18-11-. The molecule has 0 radical (unpaired) electrons. The topological polar surface area (TPSA) is 95.6 Å². The van der Waals surface area contributed by atoms with E-state index in [-0.39, 0.29) is 17.0 Å². The summed E-state index contributed by atoms with van der Waals surface area (Å²) in [6.45, 7) is 0. The third kappa shape index (κ3) is 2.73. The van der Waals surface area contributed by atoms with E-state index in [1.54, 1.807) is 6.08 Å². The average molecular weight is 382 g/mol. The summed E-state index contributed by atoms with van der Waals surface area (Å²) in [5.74, 6) is -0.502. The van der Waals surface area contributed by atoms with Crippen molar-refractivity contribution in [2.24, 2.45) is 5.73 Å². The van der Waals surface area contributed by atoms with Gasteiger partial charge in [0, 0.05) is 0 Å². The number of rotatable bonds is 2. The maximum atomic E-state index is 13.0. The predicted molar refractivity (Wildman–Crippen MR) is 109 cm³/mol. The lowest BCUT2D eigenvalue weighted by atomic mass is 9.84. The van der Waals surface area contributed by atoms with E-state index < -0.39 is 5.92 Å². The summed E-state index contributed by atoms with van der Waals surface area (Å²) in [5, 5.41) is 19.6. The molecule has 1 aliphatic rings. The van der Waals surface area contributed by atoms with Crippen LogP contribution < -0.4 is 20.5 Å². The molecule has 0 spiro atoms. The lowest BCUT2D eigenvalue weighted by molar-refractivity contribution is 0.906. The van der Waals surface area contributed by atoms with E-state index in [1.165, 1.54) is 15.9 Å². The third-order valence-corrected chi connectivity index (χ3v) is 5.73. The maximum absolute atomic E-state index is 13.0. The molecule has 5 nitrogen and oxygen atoms in total. The molecule has 1 aliphatic heterocycles. The first-order chi connectivity index (χ1) is 13.7. The molecule has 0 saturated carbocycles. The molecule has 28 heavy (non-hydrogen) atoms. The predicted octanol–water partition coefficient (Wildman–Crippen LogP) is 1.86. The van der Waals surface area contributed by atoms with Crippen molar-refractivity contribution in [1.29, 1.82) is 10.5 Å². The van der Waals surface area contributed by atoms with Gasteiger partial charge in [0.05, 0.1) is 33.7 Å². The number of nitriles is 2. The molecule has 0 fully saturated rings. The Labute approximate surface area is 164 Å². The molecule has 0 amide bonds. The SMILES string of the molecule is N#CC1=C(N)n2c(s/c(=C\c3ccccc3)c2=O)=C(C#N)C1c1ccccc1. The molecule has 0 bridgehead atoms. The normalized spacial score (nSPS) is 16.4. The average Bonchev–Trinajstić information content (AvgIpc) is 3.05. The smallest absolute Gasteiger partial charge is 0.274 e. The zero-order valence-corrected chi connectivity index (χ0v) is 15.5. The second-order valence-electron chi connectivity index (χ2n) is 6.25. The fraction of sp³-hybridized carbons (Fsp3) is 0.0455. The Morgan fingerprint density at radius 3 is 2.18 bits per heavy atom. The first-order valence-corrected chi connectivity index (χ1v) is 9.35. The summed E-state index contributed by atoms with van der Waals surface area (Å²) >= 11 is 1.22. The van der Waals surface area contributed by atoms with Crippen molar-refractivity contribution in [2.75, 3.05) is 0 Å². The highest BCUT2D eigenvalue weighted by Crippen LogP contribution is 2.35. The quantitative estimate of drug-likeness (QED) is 0.732. The van der Waals surface area contributed by atoms with Gasteiger partial charge in [-0.2, -0.15) is 10.5 Å². The Kier molecular flexibility index (Phi) is 4.41.